The molecule has 1 aromatic heterocycles. The minimum absolute atomic E-state index is 0.0117. The minimum atomic E-state index is -1.05. The Bertz CT molecular complexity index is 1680. The highest BCUT2D eigenvalue weighted by molar-refractivity contribution is 9.10. The summed E-state index contributed by atoms with van der Waals surface area (Å²) in [6.45, 7) is -0.0373. The third-order valence-electron chi connectivity index (χ3n) is 6.92. The Morgan fingerprint density at radius 3 is 2.60 bits per heavy atom. The first kappa shape index (κ1) is 27.2. The second kappa shape index (κ2) is 11.8. The van der Waals surface area contributed by atoms with Gasteiger partial charge in [-0.3, -0.25) is 14.9 Å². The van der Waals surface area contributed by atoms with Crippen LogP contribution >= 0.6 is 15.9 Å². The summed E-state index contributed by atoms with van der Waals surface area (Å²) in [7, 11) is 0. The van der Waals surface area contributed by atoms with E-state index in [2.05, 4.69) is 21.0 Å². The predicted octanol–water partition coefficient (Wildman–Crippen LogP) is 6.27. The summed E-state index contributed by atoms with van der Waals surface area (Å²) in [5, 5.41) is 25.9. The van der Waals surface area contributed by atoms with Crippen LogP contribution in [0.2, 0.25) is 0 Å². The highest BCUT2D eigenvalue weighted by Crippen LogP contribution is 2.33. The van der Waals surface area contributed by atoms with Gasteiger partial charge >= 0.3 is 11.7 Å². The Hall–Kier alpha value is -4.38. The molecule has 0 bridgehead atoms. The number of nitrogens with zero attached hydrogens (tertiary/aromatic N) is 4. The van der Waals surface area contributed by atoms with Crippen molar-refractivity contribution in [3.8, 4) is 5.75 Å². The van der Waals surface area contributed by atoms with Gasteiger partial charge in [-0.2, -0.15) is 9.78 Å². The first-order chi connectivity index (χ1) is 19.3. The minimum Gasteiger partial charge on any atom is -0.481 e. The van der Waals surface area contributed by atoms with Crippen LogP contribution in [0, 0.1) is 10.1 Å². The van der Waals surface area contributed by atoms with Crippen molar-refractivity contribution in [2.24, 2.45) is 5.10 Å². The average Bonchev–Trinajstić information content (AvgIpc) is 2.96. The molecule has 0 saturated heterocycles. The fourth-order valence-electron chi connectivity index (χ4n) is 4.87. The molecule has 1 N–H and O–H groups in total. The largest absolute Gasteiger partial charge is 0.481 e. The van der Waals surface area contributed by atoms with Gasteiger partial charge < -0.3 is 9.84 Å². The Balaban J connectivity index is 1.55. The van der Waals surface area contributed by atoms with Gasteiger partial charge in [-0.1, -0.05) is 53.4 Å². The Kier molecular flexibility index (Phi) is 8.01. The zero-order valence-corrected chi connectivity index (χ0v) is 22.9. The molecule has 0 unspecified atom stereocenters. The number of nitro groups is 1. The van der Waals surface area contributed by atoms with Gasteiger partial charge in [0.1, 0.15) is 12.4 Å². The zero-order chi connectivity index (χ0) is 28.2. The highest BCUT2D eigenvalue weighted by Gasteiger charge is 2.23. The molecule has 11 heteroatoms. The average molecular weight is 605 g/mol. The van der Waals surface area contributed by atoms with E-state index in [9.17, 15) is 19.7 Å². The van der Waals surface area contributed by atoms with Crippen LogP contribution in [0.1, 0.15) is 65.3 Å². The van der Waals surface area contributed by atoms with Gasteiger partial charge in [0.15, 0.2) is 0 Å². The van der Waals surface area contributed by atoms with Crippen molar-refractivity contribution in [2.45, 2.75) is 44.6 Å². The molecule has 0 amide bonds. The number of carbonyl (C=O) groups is 1. The lowest BCUT2D eigenvalue weighted by Crippen LogP contribution is -2.25. The molecule has 4 aromatic rings. The van der Waals surface area contributed by atoms with Crippen molar-refractivity contribution >= 4 is 44.7 Å². The number of rotatable bonds is 8. The number of halogens is 1. The number of aromatic carboxylic acids is 1. The van der Waals surface area contributed by atoms with E-state index in [0.717, 1.165) is 36.6 Å². The maximum atomic E-state index is 13.6. The molecule has 5 rings (SSSR count). The lowest BCUT2D eigenvalue weighted by atomic mass is 9.88. The van der Waals surface area contributed by atoms with Crippen molar-refractivity contribution in [3.63, 3.8) is 0 Å². The SMILES string of the molecule is O=C(O)c1ccc(COc2c(C=Nn3c(C4CCCCC4)nc4ccc(Br)cc4c3=O)cccc2[N+](=O)[O-])cc1. The second-order valence-corrected chi connectivity index (χ2v) is 10.5. The maximum Gasteiger partial charge on any atom is 0.335 e. The molecule has 0 atom stereocenters. The smallest absolute Gasteiger partial charge is 0.335 e. The molecule has 0 aliphatic heterocycles. The van der Waals surface area contributed by atoms with Crippen LogP contribution in [0.5, 0.6) is 5.75 Å². The van der Waals surface area contributed by atoms with E-state index in [1.165, 1.54) is 35.2 Å². The summed E-state index contributed by atoms with van der Waals surface area (Å²) in [5.41, 5.74) is 1.07. The van der Waals surface area contributed by atoms with Crippen LogP contribution < -0.4 is 10.3 Å². The quantitative estimate of drug-likeness (QED) is 0.142. The lowest BCUT2D eigenvalue weighted by Gasteiger charge is -2.22. The zero-order valence-electron chi connectivity index (χ0n) is 21.3. The van der Waals surface area contributed by atoms with Crippen LogP contribution in [0.3, 0.4) is 0 Å². The Morgan fingerprint density at radius 2 is 1.90 bits per heavy atom. The number of aromatic nitrogens is 2. The highest BCUT2D eigenvalue weighted by atomic mass is 79.9. The van der Waals surface area contributed by atoms with Gasteiger partial charge in [-0.05, 0) is 54.8 Å². The van der Waals surface area contributed by atoms with Crippen molar-refractivity contribution in [1.82, 2.24) is 9.66 Å². The summed E-state index contributed by atoms with van der Waals surface area (Å²) in [6, 6.07) is 15.9. The fraction of sp³-hybridized carbons (Fsp3) is 0.241. The third-order valence-corrected chi connectivity index (χ3v) is 7.41. The van der Waals surface area contributed by atoms with E-state index < -0.39 is 10.9 Å². The van der Waals surface area contributed by atoms with E-state index in [4.69, 9.17) is 14.8 Å². The number of fused-ring (bicyclic) bond motifs is 1. The maximum absolute atomic E-state index is 13.6. The lowest BCUT2D eigenvalue weighted by molar-refractivity contribution is -0.385. The fourth-order valence-corrected chi connectivity index (χ4v) is 5.23. The number of nitro benzene ring substituents is 1. The van der Waals surface area contributed by atoms with Crippen molar-refractivity contribution in [3.05, 3.63) is 108 Å². The van der Waals surface area contributed by atoms with Gasteiger partial charge in [-0.15, -0.1) is 0 Å². The van der Waals surface area contributed by atoms with Gasteiger partial charge in [0.25, 0.3) is 5.56 Å². The number of hydrogen-bond donors (Lipinski definition) is 1. The number of carboxylic acid groups (broad SMARTS) is 1. The topological polar surface area (TPSA) is 137 Å². The first-order valence-corrected chi connectivity index (χ1v) is 13.6. The van der Waals surface area contributed by atoms with Crippen LogP contribution in [-0.4, -0.2) is 31.9 Å². The summed E-state index contributed by atoms with van der Waals surface area (Å²) in [4.78, 5) is 40.8. The van der Waals surface area contributed by atoms with Gasteiger partial charge in [0.05, 0.1) is 27.6 Å². The van der Waals surface area contributed by atoms with Crippen molar-refractivity contribution < 1.29 is 19.6 Å². The summed E-state index contributed by atoms with van der Waals surface area (Å²) in [6.07, 6.45) is 6.40. The van der Waals surface area contributed by atoms with E-state index >= 15 is 0 Å². The van der Waals surface area contributed by atoms with E-state index in [-0.39, 0.29) is 35.1 Å². The number of hydrogen-bond acceptors (Lipinski definition) is 7. The van der Waals surface area contributed by atoms with Gasteiger partial charge in [0, 0.05) is 22.0 Å². The van der Waals surface area contributed by atoms with Crippen molar-refractivity contribution in [1.29, 1.82) is 0 Å². The van der Waals surface area contributed by atoms with Gasteiger partial charge in [0.2, 0.25) is 5.75 Å². The molecule has 1 aliphatic carbocycles. The first-order valence-electron chi connectivity index (χ1n) is 12.8. The van der Waals surface area contributed by atoms with Crippen LogP contribution in [0.25, 0.3) is 10.9 Å². The molecular formula is C29H25BrN4O6. The van der Waals surface area contributed by atoms with E-state index in [1.807, 2.05) is 6.07 Å². The number of carboxylic acids is 1. The number of ether oxygens (including phenoxy) is 1. The number of benzene rings is 3. The molecule has 1 saturated carbocycles. The van der Waals surface area contributed by atoms with Crippen LogP contribution in [0.4, 0.5) is 5.69 Å². The second-order valence-electron chi connectivity index (χ2n) is 9.57. The molecule has 0 spiro atoms. The van der Waals surface area contributed by atoms with Gasteiger partial charge in [-0.25, -0.2) is 9.78 Å². The molecular weight excluding hydrogens is 580 g/mol. The van der Waals surface area contributed by atoms with E-state index in [1.54, 1.807) is 30.3 Å². The molecule has 1 heterocycles. The predicted molar refractivity (Wildman–Crippen MR) is 153 cm³/mol. The summed E-state index contributed by atoms with van der Waals surface area (Å²) < 4.78 is 7.92. The van der Waals surface area contributed by atoms with Crippen molar-refractivity contribution in [2.75, 3.05) is 0 Å². The molecule has 3 aromatic carbocycles. The Labute approximate surface area is 237 Å². The van der Waals surface area contributed by atoms with Crippen LogP contribution in [0.15, 0.2) is 75.0 Å². The Morgan fingerprint density at radius 1 is 1.15 bits per heavy atom. The third kappa shape index (κ3) is 5.79. The number of para-hydroxylation sites is 1. The molecule has 1 aliphatic rings. The van der Waals surface area contributed by atoms with Crippen LogP contribution in [-0.2, 0) is 6.61 Å². The molecule has 0 radical (unpaired) electrons. The molecule has 1 fully saturated rings. The van der Waals surface area contributed by atoms with E-state index in [0.29, 0.717) is 27.9 Å². The molecule has 40 heavy (non-hydrogen) atoms. The molecule has 204 valence electrons. The summed E-state index contributed by atoms with van der Waals surface area (Å²) in [5.74, 6) is -0.422. The monoisotopic (exact) mass is 604 g/mol. The summed E-state index contributed by atoms with van der Waals surface area (Å²) >= 11 is 3.42. The molecule has 10 nitrogen and oxygen atoms in total. The standard InChI is InChI=1S/C29H25BrN4O6/c30-22-13-14-24-23(15-22)28(35)33(27(32-24)19-5-2-1-3-6-19)31-16-21-7-4-8-25(34(38)39)26(21)40-17-18-9-11-20(12-10-18)29(36)37/h4,7-16,19H,1-3,5-6,17H2,(H,36,37). The normalized spacial score (nSPS) is 14.0.